The lowest BCUT2D eigenvalue weighted by molar-refractivity contribution is -0.116. The molecular weight excluding hydrogens is 226 g/mol. The van der Waals surface area contributed by atoms with Crippen molar-refractivity contribution in [3.8, 4) is 0 Å². The normalized spacial score (nSPS) is 10.5. The SMILES string of the molecule is CNCCCC(=O)Nc1cccc2ncccc12. The van der Waals surface area contributed by atoms with Gasteiger partial charge in [-0.1, -0.05) is 6.07 Å². The molecule has 0 aliphatic rings. The Morgan fingerprint density at radius 3 is 3.00 bits per heavy atom. The predicted octanol–water partition coefficient (Wildman–Crippen LogP) is 2.17. The van der Waals surface area contributed by atoms with Crippen LogP contribution in [0, 0.1) is 0 Å². The second-order valence-corrected chi connectivity index (χ2v) is 4.13. The summed E-state index contributed by atoms with van der Waals surface area (Å²) < 4.78 is 0. The van der Waals surface area contributed by atoms with Gasteiger partial charge in [0.15, 0.2) is 0 Å². The summed E-state index contributed by atoms with van der Waals surface area (Å²) in [4.78, 5) is 16.0. The summed E-state index contributed by atoms with van der Waals surface area (Å²) in [5.74, 6) is 0.0432. The molecule has 0 radical (unpaired) electrons. The summed E-state index contributed by atoms with van der Waals surface area (Å²) in [6.07, 6.45) is 3.11. The van der Waals surface area contributed by atoms with Crippen LogP contribution >= 0.6 is 0 Å². The Bertz CT molecular complexity index is 534. The van der Waals surface area contributed by atoms with Crippen molar-refractivity contribution in [2.45, 2.75) is 12.8 Å². The Hall–Kier alpha value is -1.94. The number of nitrogens with zero attached hydrogens (tertiary/aromatic N) is 1. The van der Waals surface area contributed by atoms with Crippen molar-refractivity contribution < 1.29 is 4.79 Å². The number of hydrogen-bond acceptors (Lipinski definition) is 3. The van der Waals surface area contributed by atoms with Gasteiger partial charge in [0.05, 0.1) is 11.2 Å². The first-order chi connectivity index (χ1) is 8.81. The summed E-state index contributed by atoms with van der Waals surface area (Å²) >= 11 is 0. The van der Waals surface area contributed by atoms with Crippen LogP contribution in [-0.2, 0) is 4.79 Å². The van der Waals surface area contributed by atoms with E-state index in [1.807, 2.05) is 37.4 Å². The molecule has 0 saturated carbocycles. The number of carbonyl (C=O) groups is 1. The highest BCUT2D eigenvalue weighted by Crippen LogP contribution is 2.21. The molecule has 1 amide bonds. The first kappa shape index (κ1) is 12.5. The maximum Gasteiger partial charge on any atom is 0.224 e. The molecule has 1 heterocycles. The summed E-state index contributed by atoms with van der Waals surface area (Å²) in [7, 11) is 1.88. The number of carbonyl (C=O) groups excluding carboxylic acids is 1. The molecule has 0 bridgehead atoms. The molecule has 2 aromatic rings. The van der Waals surface area contributed by atoms with Crippen LogP contribution in [0.4, 0.5) is 5.69 Å². The van der Waals surface area contributed by atoms with E-state index in [9.17, 15) is 4.79 Å². The number of benzene rings is 1. The van der Waals surface area contributed by atoms with Gasteiger partial charge in [-0.2, -0.15) is 0 Å². The molecule has 2 N–H and O–H groups in total. The van der Waals surface area contributed by atoms with Gasteiger partial charge in [-0.25, -0.2) is 0 Å². The van der Waals surface area contributed by atoms with Crippen molar-refractivity contribution in [1.82, 2.24) is 10.3 Å². The van der Waals surface area contributed by atoms with Crippen LogP contribution in [0.25, 0.3) is 10.9 Å². The Labute approximate surface area is 106 Å². The molecule has 0 atom stereocenters. The topological polar surface area (TPSA) is 54.0 Å². The van der Waals surface area contributed by atoms with Crippen molar-refractivity contribution in [2.24, 2.45) is 0 Å². The first-order valence-electron chi connectivity index (χ1n) is 6.09. The standard InChI is InChI=1S/C14H17N3O/c1-15-9-4-8-14(18)17-13-7-2-6-12-11(13)5-3-10-16-12/h2-3,5-7,10,15H,4,8-9H2,1H3,(H,17,18). The van der Waals surface area contributed by atoms with Gasteiger partial charge in [-0.05, 0) is 44.3 Å². The summed E-state index contributed by atoms with van der Waals surface area (Å²) in [6.45, 7) is 0.852. The van der Waals surface area contributed by atoms with Crippen LogP contribution in [0.3, 0.4) is 0 Å². The van der Waals surface area contributed by atoms with Crippen molar-refractivity contribution in [2.75, 3.05) is 18.9 Å². The number of anilines is 1. The van der Waals surface area contributed by atoms with Crippen LogP contribution in [0.15, 0.2) is 36.5 Å². The van der Waals surface area contributed by atoms with E-state index in [0.29, 0.717) is 6.42 Å². The predicted molar refractivity (Wildman–Crippen MR) is 73.5 cm³/mol. The van der Waals surface area contributed by atoms with E-state index in [-0.39, 0.29) is 5.91 Å². The highest BCUT2D eigenvalue weighted by Gasteiger charge is 2.05. The third-order valence-corrected chi connectivity index (χ3v) is 2.75. The van der Waals surface area contributed by atoms with E-state index in [1.54, 1.807) is 6.20 Å². The Balaban J connectivity index is 2.09. The monoisotopic (exact) mass is 243 g/mol. The molecule has 1 aromatic carbocycles. The maximum atomic E-state index is 11.8. The fourth-order valence-corrected chi connectivity index (χ4v) is 1.85. The molecule has 2 rings (SSSR count). The van der Waals surface area contributed by atoms with Gasteiger partial charge in [0.25, 0.3) is 0 Å². The van der Waals surface area contributed by atoms with Crippen molar-refractivity contribution in [1.29, 1.82) is 0 Å². The second kappa shape index (κ2) is 6.12. The number of fused-ring (bicyclic) bond motifs is 1. The van der Waals surface area contributed by atoms with Gasteiger partial charge >= 0.3 is 0 Å². The number of aromatic nitrogens is 1. The lowest BCUT2D eigenvalue weighted by Crippen LogP contribution is -2.15. The zero-order chi connectivity index (χ0) is 12.8. The van der Waals surface area contributed by atoms with Gasteiger partial charge in [0.1, 0.15) is 0 Å². The number of rotatable bonds is 5. The van der Waals surface area contributed by atoms with E-state index in [1.165, 1.54) is 0 Å². The lowest BCUT2D eigenvalue weighted by atomic mass is 10.1. The average Bonchev–Trinajstić information content (AvgIpc) is 2.39. The smallest absolute Gasteiger partial charge is 0.224 e. The third kappa shape index (κ3) is 3.05. The molecule has 94 valence electrons. The molecule has 4 nitrogen and oxygen atoms in total. The van der Waals surface area contributed by atoms with Crippen LogP contribution in [0.1, 0.15) is 12.8 Å². The molecule has 0 fully saturated rings. The van der Waals surface area contributed by atoms with Gasteiger partial charge in [-0.15, -0.1) is 0 Å². The fourth-order valence-electron chi connectivity index (χ4n) is 1.85. The quantitative estimate of drug-likeness (QED) is 0.791. The molecule has 18 heavy (non-hydrogen) atoms. The second-order valence-electron chi connectivity index (χ2n) is 4.13. The summed E-state index contributed by atoms with van der Waals surface area (Å²) in [5, 5.41) is 6.94. The maximum absolute atomic E-state index is 11.8. The minimum absolute atomic E-state index is 0.0432. The van der Waals surface area contributed by atoms with Crippen molar-refractivity contribution >= 4 is 22.5 Å². The molecule has 4 heteroatoms. The van der Waals surface area contributed by atoms with Crippen LogP contribution < -0.4 is 10.6 Å². The largest absolute Gasteiger partial charge is 0.325 e. The van der Waals surface area contributed by atoms with Crippen LogP contribution in [-0.4, -0.2) is 24.5 Å². The third-order valence-electron chi connectivity index (χ3n) is 2.75. The number of amides is 1. The van der Waals surface area contributed by atoms with Crippen LogP contribution in [0.5, 0.6) is 0 Å². The van der Waals surface area contributed by atoms with Gasteiger partial charge in [0.2, 0.25) is 5.91 Å². The lowest BCUT2D eigenvalue weighted by Gasteiger charge is -2.08. The molecular formula is C14H17N3O. The molecule has 0 aliphatic carbocycles. The van der Waals surface area contributed by atoms with E-state index in [0.717, 1.165) is 29.6 Å². The molecule has 0 spiro atoms. The molecule has 1 aromatic heterocycles. The molecule has 0 saturated heterocycles. The summed E-state index contributed by atoms with van der Waals surface area (Å²) in [5.41, 5.74) is 1.72. The number of nitrogens with one attached hydrogen (secondary N) is 2. The van der Waals surface area contributed by atoms with Gasteiger partial charge in [0, 0.05) is 18.0 Å². The summed E-state index contributed by atoms with van der Waals surface area (Å²) in [6, 6.07) is 9.58. The molecule has 0 aliphatic heterocycles. The van der Waals surface area contributed by atoms with E-state index < -0.39 is 0 Å². The van der Waals surface area contributed by atoms with E-state index >= 15 is 0 Å². The Morgan fingerprint density at radius 2 is 2.17 bits per heavy atom. The van der Waals surface area contributed by atoms with Gasteiger partial charge in [-0.3, -0.25) is 9.78 Å². The van der Waals surface area contributed by atoms with Crippen molar-refractivity contribution in [3.05, 3.63) is 36.5 Å². The minimum Gasteiger partial charge on any atom is -0.325 e. The number of hydrogen-bond donors (Lipinski definition) is 2. The molecule has 0 unspecified atom stereocenters. The number of pyridine rings is 1. The van der Waals surface area contributed by atoms with Crippen LogP contribution in [0.2, 0.25) is 0 Å². The van der Waals surface area contributed by atoms with E-state index in [4.69, 9.17) is 0 Å². The average molecular weight is 243 g/mol. The highest BCUT2D eigenvalue weighted by molar-refractivity contribution is 6.00. The van der Waals surface area contributed by atoms with Gasteiger partial charge < -0.3 is 10.6 Å². The van der Waals surface area contributed by atoms with E-state index in [2.05, 4.69) is 15.6 Å². The minimum atomic E-state index is 0.0432. The zero-order valence-corrected chi connectivity index (χ0v) is 10.4. The first-order valence-corrected chi connectivity index (χ1v) is 6.09. The van der Waals surface area contributed by atoms with Crippen molar-refractivity contribution in [3.63, 3.8) is 0 Å². The fraction of sp³-hybridized carbons (Fsp3) is 0.286. The Kier molecular flexibility index (Phi) is 4.25. The highest BCUT2D eigenvalue weighted by atomic mass is 16.1. The zero-order valence-electron chi connectivity index (χ0n) is 10.4. The Morgan fingerprint density at radius 1 is 1.28 bits per heavy atom.